The van der Waals surface area contributed by atoms with E-state index >= 15 is 0 Å². The molecule has 0 saturated carbocycles. The lowest BCUT2D eigenvalue weighted by atomic mass is 10.1. The molecule has 0 spiro atoms. The lowest BCUT2D eigenvalue weighted by molar-refractivity contribution is 0.0948. The predicted octanol–water partition coefficient (Wildman–Crippen LogP) is 1.01. The van der Waals surface area contributed by atoms with Crippen molar-refractivity contribution in [3.05, 3.63) is 28.5 Å². The van der Waals surface area contributed by atoms with Crippen LogP contribution in [0.1, 0.15) is 16.8 Å². The number of pyridine rings is 1. The first-order valence-electron chi connectivity index (χ1n) is 5.55. The Morgan fingerprint density at radius 3 is 2.89 bits per heavy atom. The Morgan fingerprint density at radius 2 is 2.28 bits per heavy atom. The van der Waals surface area contributed by atoms with E-state index in [2.05, 4.69) is 26.2 Å². The van der Waals surface area contributed by atoms with Gasteiger partial charge in [0.05, 0.1) is 17.1 Å². The summed E-state index contributed by atoms with van der Waals surface area (Å²) in [5.74, 6) is 0.197. The van der Waals surface area contributed by atoms with Crippen LogP contribution in [0.15, 0.2) is 22.9 Å². The van der Waals surface area contributed by atoms with Crippen molar-refractivity contribution in [3.63, 3.8) is 0 Å². The van der Waals surface area contributed by atoms with Crippen LogP contribution in [0.4, 0.5) is 0 Å². The van der Waals surface area contributed by atoms with Gasteiger partial charge in [-0.25, -0.2) is 8.42 Å². The molecule has 1 fully saturated rings. The number of halogens is 1. The lowest BCUT2D eigenvalue weighted by Crippen LogP contribution is -2.29. The molecule has 0 aromatic carbocycles. The molecule has 1 atom stereocenters. The van der Waals surface area contributed by atoms with Gasteiger partial charge < -0.3 is 5.32 Å². The summed E-state index contributed by atoms with van der Waals surface area (Å²) < 4.78 is 23.3. The predicted molar refractivity (Wildman–Crippen MR) is 71.0 cm³/mol. The highest BCUT2D eigenvalue weighted by Crippen LogP contribution is 2.17. The van der Waals surface area contributed by atoms with E-state index in [-0.39, 0.29) is 23.3 Å². The van der Waals surface area contributed by atoms with Crippen molar-refractivity contribution < 1.29 is 13.2 Å². The third-order valence-electron chi connectivity index (χ3n) is 2.85. The second-order valence-electron chi connectivity index (χ2n) is 4.37. The fourth-order valence-corrected chi connectivity index (χ4v) is 4.13. The van der Waals surface area contributed by atoms with Gasteiger partial charge in [-0.2, -0.15) is 0 Å². The summed E-state index contributed by atoms with van der Waals surface area (Å²) >= 11 is 3.24. The third-order valence-corrected chi connectivity index (χ3v) is 5.12. The molecule has 18 heavy (non-hydrogen) atoms. The van der Waals surface area contributed by atoms with E-state index < -0.39 is 9.84 Å². The number of sulfone groups is 1. The van der Waals surface area contributed by atoms with Crippen LogP contribution in [0, 0.1) is 5.92 Å². The van der Waals surface area contributed by atoms with Crippen LogP contribution in [0.25, 0.3) is 0 Å². The summed E-state index contributed by atoms with van der Waals surface area (Å²) in [5, 5.41) is 2.74. The van der Waals surface area contributed by atoms with Crippen molar-refractivity contribution in [2.24, 2.45) is 5.92 Å². The topological polar surface area (TPSA) is 76.1 Å². The normalized spacial score (nSPS) is 21.7. The minimum atomic E-state index is -2.89. The highest BCUT2D eigenvalue weighted by molar-refractivity contribution is 9.10. The molecule has 0 bridgehead atoms. The third kappa shape index (κ3) is 3.52. The van der Waals surface area contributed by atoms with E-state index in [1.165, 1.54) is 6.20 Å². The van der Waals surface area contributed by atoms with Crippen LogP contribution < -0.4 is 5.32 Å². The van der Waals surface area contributed by atoms with Crippen LogP contribution in [0.2, 0.25) is 0 Å². The summed E-state index contributed by atoms with van der Waals surface area (Å²) in [5.41, 5.74) is 0.463. The number of nitrogens with zero attached hydrogens (tertiary/aromatic N) is 1. The SMILES string of the molecule is O=C(NCC1CCS(=O)(=O)C1)c1cncc(Br)c1. The standard InChI is InChI=1S/C11H13BrN2O3S/c12-10-3-9(5-13-6-10)11(15)14-4-8-1-2-18(16,17)7-8/h3,5-6,8H,1-2,4,7H2,(H,14,15). The van der Waals surface area contributed by atoms with Gasteiger partial charge in [0.15, 0.2) is 9.84 Å². The number of hydrogen-bond donors (Lipinski definition) is 1. The van der Waals surface area contributed by atoms with Crippen molar-refractivity contribution in [1.29, 1.82) is 0 Å². The Kier molecular flexibility index (Phi) is 4.01. The van der Waals surface area contributed by atoms with Gasteiger partial charge in [0.1, 0.15) is 0 Å². The number of aromatic nitrogens is 1. The molecule has 1 aromatic heterocycles. The van der Waals surface area contributed by atoms with Crippen LogP contribution in [-0.2, 0) is 9.84 Å². The van der Waals surface area contributed by atoms with Crippen molar-refractivity contribution >= 4 is 31.7 Å². The number of rotatable bonds is 3. The van der Waals surface area contributed by atoms with E-state index in [0.29, 0.717) is 18.5 Å². The summed E-state index contributed by atoms with van der Waals surface area (Å²) in [6.07, 6.45) is 3.70. The van der Waals surface area contributed by atoms with Gasteiger partial charge >= 0.3 is 0 Å². The molecular formula is C11H13BrN2O3S. The van der Waals surface area contributed by atoms with Gasteiger partial charge in [-0.3, -0.25) is 9.78 Å². The summed E-state index contributed by atoms with van der Waals surface area (Å²) in [4.78, 5) is 15.7. The van der Waals surface area contributed by atoms with Crippen molar-refractivity contribution in [1.82, 2.24) is 10.3 Å². The van der Waals surface area contributed by atoms with E-state index in [0.717, 1.165) is 4.47 Å². The quantitative estimate of drug-likeness (QED) is 0.896. The zero-order chi connectivity index (χ0) is 13.2. The molecule has 5 nitrogen and oxygen atoms in total. The monoisotopic (exact) mass is 332 g/mol. The summed E-state index contributed by atoms with van der Waals surface area (Å²) in [6.45, 7) is 0.393. The van der Waals surface area contributed by atoms with Crippen LogP contribution >= 0.6 is 15.9 Å². The first kappa shape index (κ1) is 13.5. The zero-order valence-corrected chi connectivity index (χ0v) is 12.0. The van der Waals surface area contributed by atoms with Crippen LogP contribution in [0.5, 0.6) is 0 Å². The second kappa shape index (κ2) is 5.36. The Morgan fingerprint density at radius 1 is 1.50 bits per heavy atom. The second-order valence-corrected chi connectivity index (χ2v) is 7.52. The lowest BCUT2D eigenvalue weighted by Gasteiger charge is -2.09. The highest BCUT2D eigenvalue weighted by Gasteiger charge is 2.27. The molecule has 1 aliphatic rings. The fraction of sp³-hybridized carbons (Fsp3) is 0.455. The number of hydrogen-bond acceptors (Lipinski definition) is 4. The molecule has 2 heterocycles. The largest absolute Gasteiger partial charge is 0.352 e. The summed E-state index contributed by atoms with van der Waals surface area (Å²) in [6, 6.07) is 1.67. The Hall–Kier alpha value is -0.950. The minimum Gasteiger partial charge on any atom is -0.352 e. The Bertz CT molecular complexity index is 559. The molecule has 1 amide bonds. The molecule has 2 rings (SSSR count). The Balaban J connectivity index is 1.90. The fourth-order valence-electron chi connectivity index (χ4n) is 1.91. The number of carbonyl (C=O) groups excluding carboxylic acids is 1. The number of nitrogens with one attached hydrogen (secondary N) is 1. The highest BCUT2D eigenvalue weighted by atomic mass is 79.9. The summed E-state index contributed by atoms with van der Waals surface area (Å²) in [7, 11) is -2.89. The van der Waals surface area contributed by atoms with E-state index in [4.69, 9.17) is 0 Å². The molecule has 0 aliphatic carbocycles. The molecule has 7 heteroatoms. The van der Waals surface area contributed by atoms with Gasteiger partial charge in [0.25, 0.3) is 5.91 Å². The van der Waals surface area contributed by atoms with Crippen LogP contribution in [-0.4, -0.2) is 37.4 Å². The maximum absolute atomic E-state index is 11.8. The average Bonchev–Trinajstić information content (AvgIpc) is 2.66. The molecule has 98 valence electrons. The molecular weight excluding hydrogens is 320 g/mol. The maximum Gasteiger partial charge on any atom is 0.252 e. The first-order chi connectivity index (χ1) is 8.46. The molecule has 1 saturated heterocycles. The molecule has 1 unspecified atom stereocenters. The maximum atomic E-state index is 11.8. The van der Waals surface area contributed by atoms with Gasteiger partial charge in [0.2, 0.25) is 0 Å². The van der Waals surface area contributed by atoms with E-state index in [9.17, 15) is 13.2 Å². The van der Waals surface area contributed by atoms with Crippen molar-refractivity contribution in [3.8, 4) is 0 Å². The number of amides is 1. The molecule has 1 aromatic rings. The smallest absolute Gasteiger partial charge is 0.252 e. The molecule has 1 aliphatic heterocycles. The minimum absolute atomic E-state index is 0.0269. The zero-order valence-electron chi connectivity index (χ0n) is 9.60. The van der Waals surface area contributed by atoms with Gasteiger partial charge in [-0.1, -0.05) is 0 Å². The van der Waals surface area contributed by atoms with E-state index in [1.807, 2.05) is 0 Å². The van der Waals surface area contributed by atoms with Gasteiger partial charge in [0, 0.05) is 23.4 Å². The van der Waals surface area contributed by atoms with Crippen molar-refractivity contribution in [2.75, 3.05) is 18.1 Å². The van der Waals surface area contributed by atoms with E-state index in [1.54, 1.807) is 12.3 Å². The Labute approximate surface area is 114 Å². The molecule has 0 radical (unpaired) electrons. The molecule has 1 N–H and O–H groups in total. The average molecular weight is 333 g/mol. The van der Waals surface area contributed by atoms with Crippen LogP contribution in [0.3, 0.4) is 0 Å². The van der Waals surface area contributed by atoms with Gasteiger partial charge in [-0.05, 0) is 34.3 Å². The number of carbonyl (C=O) groups is 1. The first-order valence-corrected chi connectivity index (χ1v) is 8.17. The van der Waals surface area contributed by atoms with Crippen molar-refractivity contribution in [2.45, 2.75) is 6.42 Å². The van der Waals surface area contributed by atoms with Gasteiger partial charge in [-0.15, -0.1) is 0 Å².